The average Bonchev–Trinajstić information content (AvgIpc) is 2.71. The first-order chi connectivity index (χ1) is 9.22. The van der Waals surface area contributed by atoms with Crippen molar-refractivity contribution in [3.63, 3.8) is 0 Å². The molecule has 0 fully saturated rings. The van der Waals surface area contributed by atoms with Crippen LogP contribution in [0.4, 0.5) is 0 Å². The summed E-state index contributed by atoms with van der Waals surface area (Å²) in [4.78, 5) is 0. The van der Waals surface area contributed by atoms with Gasteiger partial charge in [-0.25, -0.2) is 0 Å². The third kappa shape index (κ3) is 4.80. The molecule has 0 saturated heterocycles. The number of hydrogen-bond donors (Lipinski definition) is 0. The van der Waals surface area contributed by atoms with Gasteiger partial charge in [-0.2, -0.15) is 0 Å². The maximum absolute atomic E-state index is 2.44. The summed E-state index contributed by atoms with van der Waals surface area (Å²) in [6.07, 6.45) is 2.64. The van der Waals surface area contributed by atoms with Gasteiger partial charge in [0, 0.05) is 0 Å². The van der Waals surface area contributed by atoms with Crippen molar-refractivity contribution >= 4 is 11.5 Å². The molecule has 0 spiro atoms. The Morgan fingerprint density at radius 3 is 2.24 bits per heavy atom. The van der Waals surface area contributed by atoms with Crippen molar-refractivity contribution in [2.24, 2.45) is 0 Å². The van der Waals surface area contributed by atoms with E-state index in [0.717, 1.165) is 3.63 Å². The molecule has 0 saturated carbocycles. The molecule has 0 N–H and O–H groups in total. The predicted octanol–water partition coefficient (Wildman–Crippen LogP) is -0.831. The Bertz CT molecular complexity index is 470. The summed E-state index contributed by atoms with van der Waals surface area (Å²) in [5, 5.41) is 0. The molecule has 1 aromatic carbocycles. The third-order valence-electron chi connectivity index (χ3n) is 4.41. The van der Waals surface area contributed by atoms with Gasteiger partial charge in [-0.1, -0.05) is 0 Å². The molecule has 0 heterocycles. The molecular formula is C17H26Cl2SiZr. The van der Waals surface area contributed by atoms with E-state index in [9.17, 15) is 0 Å². The van der Waals surface area contributed by atoms with Gasteiger partial charge in [0.05, 0.1) is 0 Å². The minimum absolute atomic E-state index is 0. The maximum atomic E-state index is 2.44. The fourth-order valence-electron chi connectivity index (χ4n) is 3.22. The summed E-state index contributed by atoms with van der Waals surface area (Å²) in [6, 6.07) is 12.3. The van der Waals surface area contributed by atoms with Gasteiger partial charge >= 0.3 is 131 Å². The number of allylic oxidation sites excluding steroid dienone is 2. The quantitative estimate of drug-likeness (QED) is 0.527. The van der Waals surface area contributed by atoms with Gasteiger partial charge in [-0.15, -0.1) is 0 Å². The van der Waals surface area contributed by atoms with Crippen LogP contribution in [0.1, 0.15) is 55.3 Å². The van der Waals surface area contributed by atoms with Gasteiger partial charge in [-0.05, 0) is 0 Å². The topological polar surface area (TPSA) is 0 Å². The molecule has 2 rings (SSSR count). The van der Waals surface area contributed by atoms with Crippen LogP contribution in [0.25, 0.3) is 5.57 Å². The summed E-state index contributed by atoms with van der Waals surface area (Å²) in [6.45, 7) is 9.59. The normalized spacial score (nSPS) is 16.1. The fraction of sp³-hybridized carbons (Fsp3) is 0.529. The Hall–Kier alpha value is 0.640. The first-order valence-corrected chi connectivity index (χ1v) is 15.7. The molecule has 4 heteroatoms. The van der Waals surface area contributed by atoms with Crippen molar-refractivity contribution in [2.45, 2.75) is 56.3 Å². The van der Waals surface area contributed by atoms with Crippen molar-refractivity contribution in [1.82, 2.24) is 0 Å². The molecule has 1 aliphatic rings. The first kappa shape index (κ1) is 21.6. The predicted molar refractivity (Wildman–Crippen MR) is 84.8 cm³/mol. The van der Waals surface area contributed by atoms with Gasteiger partial charge in [0.25, 0.3) is 0 Å². The Labute approximate surface area is 155 Å². The Morgan fingerprint density at radius 1 is 1.05 bits per heavy atom. The van der Waals surface area contributed by atoms with Crippen LogP contribution in [0.5, 0.6) is 0 Å². The summed E-state index contributed by atoms with van der Waals surface area (Å²) in [7, 11) is 0. The van der Waals surface area contributed by atoms with Gasteiger partial charge in [0.15, 0.2) is 0 Å². The van der Waals surface area contributed by atoms with Crippen molar-refractivity contribution in [3.8, 4) is 0 Å². The number of benzene rings is 1. The standard InChI is InChI=1S/C13H15.C4H11Si.2ClH.Zr/c1-3-6-11-9-12-7-4-5-8-13(12)10(11)2;1-3-5-4-2;;;/h4-5,7-9H,3,6H2,1-2H3;5H,3-4H2,1-2H3;2*1H;/q;;;;+2/p-2. The summed E-state index contributed by atoms with van der Waals surface area (Å²) in [5.74, 6) is -0.359. The number of fused-ring (bicyclic) bond motifs is 1. The fourth-order valence-corrected chi connectivity index (χ4v) is 16.4. The van der Waals surface area contributed by atoms with E-state index >= 15 is 0 Å². The minimum Gasteiger partial charge on any atom is -1.00 e. The number of rotatable bonds is 6. The smallest absolute Gasteiger partial charge is 1.00 e. The van der Waals surface area contributed by atoms with Crippen molar-refractivity contribution in [3.05, 3.63) is 41.0 Å². The van der Waals surface area contributed by atoms with E-state index < -0.39 is 0 Å². The van der Waals surface area contributed by atoms with Crippen LogP contribution in [0.2, 0.25) is 12.1 Å². The van der Waals surface area contributed by atoms with Crippen LogP contribution in [0, 0.1) is 0 Å². The zero-order valence-electron chi connectivity index (χ0n) is 13.5. The van der Waals surface area contributed by atoms with Gasteiger partial charge < -0.3 is 24.8 Å². The van der Waals surface area contributed by atoms with Crippen LogP contribution < -0.4 is 24.8 Å². The second kappa shape index (κ2) is 10.4. The summed E-state index contributed by atoms with van der Waals surface area (Å²) < 4.78 is 0.927. The molecule has 1 atom stereocenters. The van der Waals surface area contributed by atoms with E-state index in [1.54, 1.807) is 16.7 Å². The molecule has 0 aliphatic heterocycles. The average molecular weight is 421 g/mol. The molecule has 116 valence electrons. The molecule has 1 aliphatic carbocycles. The SMILES string of the molecule is CCCC1=C(C)c2ccccc2[CH]1[Zr+2][SiH](CC)CC.[Cl-].[Cl-]. The van der Waals surface area contributed by atoms with Crippen LogP contribution in [0.3, 0.4) is 0 Å². The van der Waals surface area contributed by atoms with E-state index in [0.29, 0.717) is 0 Å². The van der Waals surface area contributed by atoms with E-state index in [4.69, 9.17) is 0 Å². The number of halogens is 2. The first-order valence-electron chi connectivity index (χ1n) is 7.77. The van der Waals surface area contributed by atoms with Crippen molar-refractivity contribution in [2.75, 3.05) is 0 Å². The molecule has 0 bridgehead atoms. The maximum Gasteiger partial charge on any atom is -1.00 e. The van der Waals surface area contributed by atoms with Crippen LogP contribution in [-0.2, 0) is 22.4 Å². The molecule has 0 radical (unpaired) electrons. The molecule has 0 aromatic heterocycles. The summed E-state index contributed by atoms with van der Waals surface area (Å²) >= 11 is -0.241. The van der Waals surface area contributed by atoms with Gasteiger partial charge in [0.1, 0.15) is 0 Å². The molecule has 0 nitrogen and oxygen atoms in total. The van der Waals surface area contributed by atoms with Crippen molar-refractivity contribution < 1.29 is 47.2 Å². The molecular weight excluding hydrogens is 394 g/mol. The van der Waals surface area contributed by atoms with Gasteiger partial charge in [-0.3, -0.25) is 0 Å². The number of hydrogen-bond acceptors (Lipinski definition) is 0. The third-order valence-corrected chi connectivity index (χ3v) is 20.8. The Balaban J connectivity index is 0.00000200. The van der Waals surface area contributed by atoms with Crippen LogP contribution >= 0.6 is 0 Å². The Morgan fingerprint density at radius 2 is 1.67 bits per heavy atom. The zero-order valence-corrected chi connectivity index (χ0v) is 18.7. The van der Waals surface area contributed by atoms with E-state index in [-0.39, 0.29) is 53.1 Å². The van der Waals surface area contributed by atoms with Crippen LogP contribution in [0.15, 0.2) is 29.8 Å². The Kier molecular flexibility index (Phi) is 10.7. The molecule has 1 unspecified atom stereocenters. The van der Waals surface area contributed by atoms with E-state index in [1.807, 2.05) is 5.57 Å². The van der Waals surface area contributed by atoms with E-state index in [1.165, 1.54) is 24.9 Å². The second-order valence-electron chi connectivity index (χ2n) is 5.60. The van der Waals surface area contributed by atoms with E-state index in [2.05, 4.69) is 52.0 Å². The minimum atomic E-state index is -0.359. The summed E-state index contributed by atoms with van der Waals surface area (Å²) in [5.41, 5.74) is 6.74. The van der Waals surface area contributed by atoms with Gasteiger partial charge in [0.2, 0.25) is 0 Å². The second-order valence-corrected chi connectivity index (χ2v) is 18.9. The van der Waals surface area contributed by atoms with Crippen LogP contribution in [-0.4, -0.2) is 5.92 Å². The monoisotopic (exact) mass is 418 g/mol. The van der Waals surface area contributed by atoms with Crippen molar-refractivity contribution in [1.29, 1.82) is 0 Å². The molecule has 0 amide bonds. The zero-order chi connectivity index (χ0) is 13.8. The molecule has 1 aromatic rings. The molecule has 21 heavy (non-hydrogen) atoms. The largest absolute Gasteiger partial charge is 1.00 e.